The Labute approximate surface area is 124 Å². The summed E-state index contributed by atoms with van der Waals surface area (Å²) < 4.78 is 0. The summed E-state index contributed by atoms with van der Waals surface area (Å²) in [5.74, 6) is 5.48. The van der Waals surface area contributed by atoms with Crippen molar-refractivity contribution in [2.45, 2.75) is 71.1 Å². The highest BCUT2D eigenvalue weighted by atomic mass is 16.4. The number of carboxylic acid groups (broad SMARTS) is 1. The molecule has 0 unspecified atom stereocenters. The fraction of sp³-hybridized carbons (Fsp3) is 0.611. The Balaban J connectivity index is 3.34. The highest BCUT2D eigenvalue weighted by Gasteiger charge is 1.95. The third kappa shape index (κ3) is 16.5. The van der Waals surface area contributed by atoms with Gasteiger partial charge >= 0.3 is 5.97 Å². The van der Waals surface area contributed by atoms with E-state index in [0.29, 0.717) is 6.42 Å². The number of rotatable bonds is 11. The lowest BCUT2D eigenvalue weighted by atomic mass is 10.1. The molecule has 0 atom stereocenters. The maximum atomic E-state index is 10.3. The molecule has 20 heavy (non-hydrogen) atoms. The van der Waals surface area contributed by atoms with E-state index in [9.17, 15) is 4.79 Å². The number of unbranched alkanes of at least 4 members (excludes halogenated alkanes) is 7. The van der Waals surface area contributed by atoms with Crippen LogP contribution in [0.2, 0.25) is 0 Å². The van der Waals surface area contributed by atoms with E-state index < -0.39 is 5.97 Å². The van der Waals surface area contributed by atoms with Crippen LogP contribution >= 0.6 is 0 Å². The number of allylic oxidation sites excluding steroid dienone is 4. The third-order valence-electron chi connectivity index (χ3n) is 2.95. The van der Waals surface area contributed by atoms with Crippen LogP contribution in [0.4, 0.5) is 0 Å². The van der Waals surface area contributed by atoms with Gasteiger partial charge < -0.3 is 5.11 Å². The normalized spacial score (nSPS) is 10.8. The molecule has 1 N–H and O–H groups in total. The van der Waals surface area contributed by atoms with Gasteiger partial charge in [-0.3, -0.25) is 4.79 Å². The first-order valence-corrected chi connectivity index (χ1v) is 7.79. The van der Waals surface area contributed by atoms with Crippen LogP contribution in [-0.4, -0.2) is 11.1 Å². The quantitative estimate of drug-likeness (QED) is 0.323. The molecule has 2 heteroatoms. The second-order valence-corrected chi connectivity index (χ2v) is 4.91. The van der Waals surface area contributed by atoms with Crippen LogP contribution in [0, 0.1) is 11.8 Å². The Hall–Kier alpha value is -1.49. The minimum atomic E-state index is -0.689. The van der Waals surface area contributed by atoms with Gasteiger partial charge in [0.2, 0.25) is 0 Å². The van der Waals surface area contributed by atoms with Gasteiger partial charge in [-0.05, 0) is 25.3 Å². The van der Waals surface area contributed by atoms with E-state index >= 15 is 0 Å². The molecule has 0 fully saturated rings. The zero-order valence-electron chi connectivity index (χ0n) is 12.7. The molecule has 0 aliphatic heterocycles. The van der Waals surface area contributed by atoms with Gasteiger partial charge in [-0.2, -0.15) is 0 Å². The van der Waals surface area contributed by atoms with Crippen molar-refractivity contribution in [1.29, 1.82) is 0 Å². The largest absolute Gasteiger partial charge is 0.481 e. The summed E-state index contributed by atoms with van der Waals surface area (Å²) in [6.07, 6.45) is 18.2. The van der Waals surface area contributed by atoms with E-state index in [1.807, 2.05) is 12.2 Å². The molecule has 0 radical (unpaired) electrons. The predicted molar refractivity (Wildman–Crippen MR) is 85.5 cm³/mol. The van der Waals surface area contributed by atoms with E-state index in [2.05, 4.69) is 30.9 Å². The Morgan fingerprint density at radius 2 is 1.80 bits per heavy atom. The molecule has 0 aromatic rings. The van der Waals surface area contributed by atoms with Crippen LogP contribution in [0.3, 0.4) is 0 Å². The first-order valence-electron chi connectivity index (χ1n) is 7.79. The summed E-state index contributed by atoms with van der Waals surface area (Å²) in [6.45, 7) is 2.20. The van der Waals surface area contributed by atoms with E-state index in [-0.39, 0.29) is 0 Å². The predicted octanol–water partition coefficient (Wildman–Crippen LogP) is 5.11. The summed E-state index contributed by atoms with van der Waals surface area (Å²) in [4.78, 5) is 10.3. The van der Waals surface area contributed by atoms with Crippen LogP contribution < -0.4 is 0 Å². The van der Waals surface area contributed by atoms with Crippen molar-refractivity contribution in [2.24, 2.45) is 0 Å². The van der Waals surface area contributed by atoms with Crippen LogP contribution in [0.25, 0.3) is 0 Å². The first kappa shape index (κ1) is 18.5. The van der Waals surface area contributed by atoms with Crippen molar-refractivity contribution in [3.05, 3.63) is 24.3 Å². The molecule has 0 rings (SSSR count). The highest BCUT2D eigenvalue weighted by molar-refractivity contribution is 5.66. The molecular formula is C18H28O2. The molecule has 0 aliphatic carbocycles. The van der Waals surface area contributed by atoms with Crippen LogP contribution in [0.1, 0.15) is 71.1 Å². The van der Waals surface area contributed by atoms with Crippen LogP contribution in [0.5, 0.6) is 0 Å². The monoisotopic (exact) mass is 276 g/mol. The molecule has 0 aliphatic rings. The van der Waals surface area contributed by atoms with E-state index in [1.54, 1.807) is 0 Å². The average molecular weight is 276 g/mol. The summed E-state index contributed by atoms with van der Waals surface area (Å²) >= 11 is 0. The Morgan fingerprint density at radius 3 is 2.55 bits per heavy atom. The van der Waals surface area contributed by atoms with Crippen LogP contribution in [0.15, 0.2) is 24.3 Å². The van der Waals surface area contributed by atoms with Crippen molar-refractivity contribution in [3.63, 3.8) is 0 Å². The Morgan fingerprint density at radius 1 is 1.05 bits per heavy atom. The van der Waals surface area contributed by atoms with Gasteiger partial charge in [0.25, 0.3) is 0 Å². The smallest absolute Gasteiger partial charge is 0.303 e. The molecular weight excluding hydrogens is 248 g/mol. The number of hydrogen-bond donors (Lipinski definition) is 1. The molecule has 0 amide bonds. The third-order valence-corrected chi connectivity index (χ3v) is 2.95. The first-order chi connectivity index (χ1) is 9.77. The van der Waals surface area contributed by atoms with Crippen LogP contribution in [-0.2, 0) is 4.79 Å². The van der Waals surface area contributed by atoms with E-state index in [1.165, 1.54) is 12.8 Å². The molecule has 0 aromatic carbocycles. The van der Waals surface area contributed by atoms with E-state index in [4.69, 9.17) is 5.11 Å². The second kappa shape index (κ2) is 15.6. The maximum absolute atomic E-state index is 10.3. The summed E-state index contributed by atoms with van der Waals surface area (Å²) in [5.41, 5.74) is 0. The fourth-order valence-electron chi connectivity index (χ4n) is 1.75. The SMILES string of the molecule is CCCC/C=C/C=C/C#CCCCCCCCC(=O)O. The number of aliphatic carboxylic acids is 1. The number of carboxylic acids is 1. The highest BCUT2D eigenvalue weighted by Crippen LogP contribution is 2.06. The summed E-state index contributed by atoms with van der Waals surface area (Å²) in [7, 11) is 0. The lowest BCUT2D eigenvalue weighted by Gasteiger charge is -1.97. The second-order valence-electron chi connectivity index (χ2n) is 4.91. The van der Waals surface area contributed by atoms with Crippen molar-refractivity contribution in [2.75, 3.05) is 0 Å². The van der Waals surface area contributed by atoms with Gasteiger partial charge in [-0.15, -0.1) is 0 Å². The summed E-state index contributed by atoms with van der Waals surface area (Å²) in [6, 6.07) is 0. The average Bonchev–Trinajstić information content (AvgIpc) is 2.43. The van der Waals surface area contributed by atoms with Crippen molar-refractivity contribution in [3.8, 4) is 11.8 Å². The molecule has 0 bridgehead atoms. The minimum Gasteiger partial charge on any atom is -0.481 e. The minimum absolute atomic E-state index is 0.302. The van der Waals surface area contributed by atoms with Crippen molar-refractivity contribution < 1.29 is 9.90 Å². The van der Waals surface area contributed by atoms with Gasteiger partial charge in [0, 0.05) is 12.8 Å². The molecule has 0 saturated heterocycles. The van der Waals surface area contributed by atoms with Gasteiger partial charge in [0.1, 0.15) is 0 Å². The van der Waals surface area contributed by atoms with Gasteiger partial charge in [-0.25, -0.2) is 0 Å². The lowest BCUT2D eigenvalue weighted by molar-refractivity contribution is -0.137. The summed E-state index contributed by atoms with van der Waals surface area (Å²) in [5, 5.41) is 8.49. The Bertz CT molecular complexity index is 342. The fourth-order valence-corrected chi connectivity index (χ4v) is 1.75. The molecule has 0 heterocycles. The van der Waals surface area contributed by atoms with E-state index in [0.717, 1.165) is 44.9 Å². The topological polar surface area (TPSA) is 37.3 Å². The maximum Gasteiger partial charge on any atom is 0.303 e. The molecule has 112 valence electrons. The molecule has 0 saturated carbocycles. The van der Waals surface area contributed by atoms with Gasteiger partial charge in [0.05, 0.1) is 0 Å². The van der Waals surface area contributed by atoms with Crippen molar-refractivity contribution >= 4 is 5.97 Å². The van der Waals surface area contributed by atoms with Gasteiger partial charge in [-0.1, -0.05) is 69.1 Å². The number of carbonyl (C=O) groups is 1. The van der Waals surface area contributed by atoms with Crippen molar-refractivity contribution in [1.82, 2.24) is 0 Å². The molecule has 2 nitrogen and oxygen atoms in total. The molecule has 0 aromatic heterocycles. The zero-order chi connectivity index (χ0) is 14.9. The molecule has 0 spiro atoms. The zero-order valence-corrected chi connectivity index (χ0v) is 12.7. The Kier molecular flexibility index (Phi) is 14.4. The standard InChI is InChI=1S/C18H28O2/c1-2-3-4-5-6-7-8-9-10-11-12-13-14-15-16-17-18(19)20/h5-8H,2-4,11-17H2,1H3,(H,19,20)/b6-5+,8-7+. The van der Waals surface area contributed by atoms with Gasteiger partial charge in [0.15, 0.2) is 0 Å². The number of hydrogen-bond acceptors (Lipinski definition) is 1. The lowest BCUT2D eigenvalue weighted by Crippen LogP contribution is -1.93.